The first-order valence-corrected chi connectivity index (χ1v) is 13.1. The summed E-state index contributed by atoms with van der Waals surface area (Å²) in [5.41, 5.74) is -0.580. The number of fused-ring (bicyclic) bond motifs is 16. The van der Waals surface area contributed by atoms with Gasteiger partial charge in [0.25, 0.3) is 10.1 Å². The monoisotopic (exact) mass is 420 g/mol. The van der Waals surface area contributed by atoms with E-state index in [0.717, 1.165) is 36.3 Å². The average Bonchev–Trinajstić information content (AvgIpc) is 3.35. The molecule has 5 nitrogen and oxygen atoms in total. The molecule has 0 spiro atoms. The molecule has 160 valence electrons. The lowest BCUT2D eigenvalue weighted by molar-refractivity contribution is -0.169. The van der Waals surface area contributed by atoms with Gasteiger partial charge in [-0.2, -0.15) is 8.42 Å². The van der Waals surface area contributed by atoms with Crippen LogP contribution in [0.25, 0.3) is 0 Å². The van der Waals surface area contributed by atoms with Crippen LogP contribution >= 0.6 is 0 Å². The molecule has 5 fully saturated rings. The van der Waals surface area contributed by atoms with Crippen molar-refractivity contribution in [2.45, 2.75) is 51.7 Å². The molecule has 0 heterocycles. The fraction of sp³-hybridized carbons (Fsp3) is 0.870. The minimum Gasteiger partial charge on any atom is -0.460 e. The highest BCUT2D eigenvalue weighted by molar-refractivity contribution is 7.86. The molecular formula is C23H32O5S. The maximum atomic E-state index is 13.2. The van der Waals surface area contributed by atoms with E-state index in [2.05, 4.69) is 12.2 Å². The number of allylic oxidation sites excluding steroid dienone is 2. The van der Waals surface area contributed by atoms with Gasteiger partial charge in [-0.05, 0) is 99.2 Å². The summed E-state index contributed by atoms with van der Waals surface area (Å²) in [7, 11) is -3.63. The maximum Gasteiger partial charge on any atom is 0.312 e. The van der Waals surface area contributed by atoms with Crippen LogP contribution in [0.2, 0.25) is 0 Å². The Morgan fingerprint density at radius 3 is 1.97 bits per heavy atom. The zero-order chi connectivity index (χ0) is 20.5. The smallest absolute Gasteiger partial charge is 0.312 e. The van der Waals surface area contributed by atoms with Gasteiger partial charge in [0.15, 0.2) is 0 Å². The second-order valence-electron chi connectivity index (χ2n) is 11.7. The van der Waals surface area contributed by atoms with Crippen molar-refractivity contribution < 1.29 is 22.1 Å². The van der Waals surface area contributed by atoms with Gasteiger partial charge in [0, 0.05) is 0 Å². The Bertz CT molecular complexity index is 885. The van der Waals surface area contributed by atoms with E-state index in [4.69, 9.17) is 8.92 Å². The molecule has 6 heteroatoms. The van der Waals surface area contributed by atoms with Gasteiger partial charge in [-0.3, -0.25) is 8.98 Å². The number of rotatable bonds is 3. The lowest BCUT2D eigenvalue weighted by atomic mass is 9.59. The molecule has 0 aromatic carbocycles. The Labute approximate surface area is 173 Å². The lowest BCUT2D eigenvalue weighted by Crippen LogP contribution is -2.50. The summed E-state index contributed by atoms with van der Waals surface area (Å²) in [6.45, 7) is 5.62. The number of carbonyl (C=O) groups is 1. The van der Waals surface area contributed by atoms with Crippen LogP contribution in [0.5, 0.6) is 0 Å². The van der Waals surface area contributed by atoms with Crippen LogP contribution in [-0.4, -0.2) is 32.3 Å². The third-order valence-electron chi connectivity index (χ3n) is 9.28. The Kier molecular flexibility index (Phi) is 3.69. The Hall–Kier alpha value is -0.880. The normalized spacial score (nSPS) is 53.5. The Morgan fingerprint density at radius 2 is 1.41 bits per heavy atom. The minimum atomic E-state index is -3.63. The second-order valence-corrected chi connectivity index (χ2v) is 13.3. The SMILES string of the molecule is CC(C)(C)OC(=O)C1C2CC(C1OS(C)(=O)=O)C1C3CC(C4C5C=CC(C5)C34)C21. The van der Waals surface area contributed by atoms with Crippen LogP contribution in [0.4, 0.5) is 0 Å². The Morgan fingerprint density at radius 1 is 0.862 bits per heavy atom. The topological polar surface area (TPSA) is 69.7 Å². The summed E-state index contributed by atoms with van der Waals surface area (Å²) >= 11 is 0. The van der Waals surface area contributed by atoms with E-state index >= 15 is 0 Å². The first-order valence-electron chi connectivity index (χ1n) is 11.3. The zero-order valence-corrected chi connectivity index (χ0v) is 18.5. The largest absolute Gasteiger partial charge is 0.460 e. The molecule has 0 aromatic rings. The summed E-state index contributed by atoms with van der Waals surface area (Å²) in [6, 6.07) is 0. The molecule has 0 N–H and O–H groups in total. The number of carbonyl (C=O) groups excluding carboxylic acids is 1. The average molecular weight is 421 g/mol. The molecule has 6 aliphatic carbocycles. The van der Waals surface area contributed by atoms with E-state index in [9.17, 15) is 13.2 Å². The summed E-state index contributed by atoms with van der Waals surface area (Å²) in [5.74, 6) is 5.22. The first kappa shape index (κ1) is 18.9. The molecule has 0 aliphatic heterocycles. The molecule has 6 aliphatic rings. The molecule has 6 bridgehead atoms. The predicted octanol–water partition coefficient (Wildman–Crippen LogP) is 3.26. The van der Waals surface area contributed by atoms with Crippen LogP contribution in [-0.2, 0) is 23.8 Å². The summed E-state index contributed by atoms with van der Waals surface area (Å²) in [5, 5.41) is 0. The zero-order valence-electron chi connectivity index (χ0n) is 17.7. The fourth-order valence-electron chi connectivity index (χ4n) is 9.23. The van der Waals surface area contributed by atoms with Crippen LogP contribution in [0.1, 0.15) is 40.0 Å². The van der Waals surface area contributed by atoms with Crippen molar-refractivity contribution in [3.8, 4) is 0 Å². The maximum absolute atomic E-state index is 13.2. The van der Waals surface area contributed by atoms with E-state index in [1.807, 2.05) is 20.8 Å². The predicted molar refractivity (Wildman–Crippen MR) is 107 cm³/mol. The molecule has 0 amide bonds. The van der Waals surface area contributed by atoms with E-state index in [1.54, 1.807) is 0 Å². The molecule has 0 radical (unpaired) electrons. The second kappa shape index (κ2) is 5.67. The van der Waals surface area contributed by atoms with E-state index in [-0.39, 0.29) is 17.8 Å². The Balaban J connectivity index is 1.35. The number of esters is 1. The standard InChI is InChI=1S/C23H32O5S/c1-23(2,3)27-22(24)20-14-9-15(21(20)28-29(4,25)26)19-13-8-12(18(14)19)16-10-5-6-11(7-10)17(13)16/h5-6,10-21H,7-9H2,1-4H3. The van der Waals surface area contributed by atoms with E-state index < -0.39 is 27.7 Å². The van der Waals surface area contributed by atoms with Crippen LogP contribution in [0.3, 0.4) is 0 Å². The third kappa shape index (κ3) is 2.54. The quantitative estimate of drug-likeness (QED) is 0.303. The van der Waals surface area contributed by atoms with Crippen molar-refractivity contribution >= 4 is 16.1 Å². The van der Waals surface area contributed by atoms with Crippen molar-refractivity contribution in [1.29, 1.82) is 0 Å². The highest BCUT2D eigenvalue weighted by Crippen LogP contribution is 2.76. The summed E-state index contributed by atoms with van der Waals surface area (Å²) < 4.78 is 35.5. The highest BCUT2D eigenvalue weighted by atomic mass is 32.2. The molecule has 12 unspecified atom stereocenters. The summed E-state index contributed by atoms with van der Waals surface area (Å²) in [6.07, 6.45) is 8.99. The van der Waals surface area contributed by atoms with Crippen molar-refractivity contribution in [2.24, 2.45) is 65.1 Å². The van der Waals surface area contributed by atoms with Gasteiger partial charge in [-0.1, -0.05) is 12.2 Å². The van der Waals surface area contributed by atoms with Crippen LogP contribution in [0.15, 0.2) is 12.2 Å². The molecule has 0 aromatic heterocycles. The van der Waals surface area contributed by atoms with Gasteiger partial charge < -0.3 is 4.74 Å². The van der Waals surface area contributed by atoms with Crippen molar-refractivity contribution in [2.75, 3.05) is 6.26 Å². The number of hydrogen-bond donors (Lipinski definition) is 0. The molecule has 12 atom stereocenters. The van der Waals surface area contributed by atoms with Gasteiger partial charge >= 0.3 is 5.97 Å². The molecule has 5 saturated carbocycles. The van der Waals surface area contributed by atoms with E-state index in [1.165, 1.54) is 12.8 Å². The van der Waals surface area contributed by atoms with Gasteiger partial charge in [0.2, 0.25) is 0 Å². The van der Waals surface area contributed by atoms with E-state index in [0.29, 0.717) is 23.7 Å². The fourth-order valence-corrected chi connectivity index (χ4v) is 9.89. The van der Waals surface area contributed by atoms with Gasteiger partial charge in [0.05, 0.1) is 18.3 Å². The van der Waals surface area contributed by atoms with Gasteiger partial charge in [0.1, 0.15) is 5.60 Å². The third-order valence-corrected chi connectivity index (χ3v) is 9.86. The van der Waals surface area contributed by atoms with Gasteiger partial charge in [-0.25, -0.2) is 0 Å². The van der Waals surface area contributed by atoms with Crippen molar-refractivity contribution in [1.82, 2.24) is 0 Å². The van der Waals surface area contributed by atoms with Crippen molar-refractivity contribution in [3.05, 3.63) is 12.2 Å². The number of hydrogen-bond acceptors (Lipinski definition) is 5. The first-order chi connectivity index (χ1) is 13.5. The van der Waals surface area contributed by atoms with Gasteiger partial charge in [-0.15, -0.1) is 0 Å². The molecular weight excluding hydrogens is 388 g/mol. The van der Waals surface area contributed by atoms with Crippen LogP contribution in [0, 0.1) is 65.1 Å². The van der Waals surface area contributed by atoms with Crippen LogP contribution < -0.4 is 0 Å². The van der Waals surface area contributed by atoms with Crippen molar-refractivity contribution in [3.63, 3.8) is 0 Å². The molecule has 0 saturated heterocycles. The number of ether oxygens (including phenoxy) is 1. The summed E-state index contributed by atoms with van der Waals surface area (Å²) in [4.78, 5) is 13.2. The highest BCUT2D eigenvalue weighted by Gasteiger charge is 2.74. The molecule has 29 heavy (non-hydrogen) atoms. The minimum absolute atomic E-state index is 0.177. The lowest BCUT2D eigenvalue weighted by Gasteiger charge is -2.47. The molecule has 6 rings (SSSR count).